The van der Waals surface area contributed by atoms with Crippen molar-refractivity contribution in [2.45, 2.75) is 0 Å². The molecule has 0 bridgehead atoms. The largest absolute Gasteiger partial charge is 0.242 e. The van der Waals surface area contributed by atoms with Gasteiger partial charge in [0.1, 0.15) is 0 Å². The van der Waals surface area contributed by atoms with Crippen molar-refractivity contribution >= 4 is 36.6 Å². The monoisotopic (exact) mass is 487 g/mol. The molecule has 3 rings (SSSR count). The van der Waals surface area contributed by atoms with Gasteiger partial charge in [-0.3, -0.25) is 0 Å². The maximum absolute atomic E-state index is 3.99. The number of benzene rings is 3. The zero-order valence-corrected chi connectivity index (χ0v) is 17.2. The van der Waals surface area contributed by atoms with E-state index in [4.69, 9.17) is 0 Å². The van der Waals surface area contributed by atoms with E-state index in [0.717, 1.165) is 0 Å². The fourth-order valence-electron chi connectivity index (χ4n) is 2.85. The van der Waals surface area contributed by atoms with E-state index in [0.29, 0.717) is 0 Å². The van der Waals surface area contributed by atoms with E-state index < -0.39 is 7.26 Å². The molecular weight excluding hydrogens is 470 g/mol. The van der Waals surface area contributed by atoms with Crippen molar-refractivity contribution in [2.24, 2.45) is 0 Å². The van der Waals surface area contributed by atoms with Gasteiger partial charge in [0.05, 0.1) is 23.2 Å². The summed E-state index contributed by atoms with van der Waals surface area (Å²) >= 11 is 5.35. The Balaban J connectivity index is 0.00000100. The van der Waals surface area contributed by atoms with E-state index in [1.807, 2.05) is 6.08 Å². The van der Waals surface area contributed by atoms with Crippen LogP contribution in [0.5, 0.6) is 0 Å². The number of hydrogen-bond donors (Lipinski definition) is 0. The molecule has 0 saturated carbocycles. The van der Waals surface area contributed by atoms with Crippen LogP contribution in [0.4, 0.5) is 0 Å². The molecule has 0 N–H and O–H groups in total. The van der Waals surface area contributed by atoms with Crippen LogP contribution in [0, 0.1) is 6.92 Å². The molecule has 3 aromatic rings. The van der Waals surface area contributed by atoms with Gasteiger partial charge < -0.3 is 0 Å². The molecule has 3 heteroatoms. The van der Waals surface area contributed by atoms with Crippen LogP contribution in [0.2, 0.25) is 0 Å². The van der Waals surface area contributed by atoms with E-state index in [9.17, 15) is 0 Å². The molecule has 0 fully saturated rings. The molecule has 0 heterocycles. The minimum atomic E-state index is -1.80. The van der Waals surface area contributed by atoms with Crippen molar-refractivity contribution in [3.8, 4) is 0 Å². The van der Waals surface area contributed by atoms with Crippen molar-refractivity contribution in [3.63, 3.8) is 0 Å². The van der Waals surface area contributed by atoms with Gasteiger partial charge in [0, 0.05) is 0 Å². The summed E-state index contributed by atoms with van der Waals surface area (Å²) < 4.78 is 0. The summed E-state index contributed by atoms with van der Waals surface area (Å²) in [7, 11) is -1.80. The van der Waals surface area contributed by atoms with Crippen molar-refractivity contribution < 1.29 is 17.2 Å². The van der Waals surface area contributed by atoms with Gasteiger partial charge >= 0.3 is 30.6 Å². The molecule has 124 valence electrons. The SMILES string of the molecule is [Br][Pd+].[CH2-]C=C[P+](c1ccccc1)(c1ccccc1)c1ccccc1. The van der Waals surface area contributed by atoms with Gasteiger partial charge in [-0.15, -0.1) is 0 Å². The molecule has 0 saturated heterocycles. The Hall–Kier alpha value is -1.16. The Kier molecular flexibility index (Phi) is 7.97. The third-order valence-electron chi connectivity index (χ3n) is 3.82. The van der Waals surface area contributed by atoms with Crippen LogP contribution in [-0.2, 0) is 17.2 Å². The Bertz CT molecular complexity index is 646. The summed E-state index contributed by atoms with van der Waals surface area (Å²) in [6.45, 7) is 3.99. The zero-order chi connectivity index (χ0) is 17.3. The second-order valence-corrected chi connectivity index (χ2v) is 8.41. The average Bonchev–Trinajstić information content (AvgIpc) is 2.70. The molecule has 0 aliphatic carbocycles. The first kappa shape index (κ1) is 19.2. The first-order valence-electron chi connectivity index (χ1n) is 7.52. The summed E-state index contributed by atoms with van der Waals surface area (Å²) in [5.74, 6) is 2.30. The van der Waals surface area contributed by atoms with Crippen LogP contribution in [0.1, 0.15) is 0 Å². The van der Waals surface area contributed by atoms with Gasteiger partial charge in [-0.25, -0.2) is 6.92 Å². The Morgan fingerprint density at radius 2 is 0.917 bits per heavy atom. The number of allylic oxidation sites excluding steroid dienone is 1. The van der Waals surface area contributed by atoms with Crippen LogP contribution in [0.25, 0.3) is 0 Å². The van der Waals surface area contributed by atoms with Crippen LogP contribution in [-0.4, -0.2) is 0 Å². The minimum Gasteiger partial charge on any atom is -0.242 e. The molecule has 3 aromatic carbocycles. The molecule has 0 atom stereocenters. The van der Waals surface area contributed by atoms with Gasteiger partial charge in [0.15, 0.2) is 0 Å². The molecule has 0 nitrogen and oxygen atoms in total. The van der Waals surface area contributed by atoms with Crippen LogP contribution >= 0.6 is 20.7 Å². The first-order chi connectivity index (χ1) is 11.9. The summed E-state index contributed by atoms with van der Waals surface area (Å²) in [5.41, 5.74) is 0. The van der Waals surface area contributed by atoms with Gasteiger partial charge in [-0.1, -0.05) is 60.4 Å². The number of halogens is 1. The molecule has 0 spiro atoms. The Morgan fingerprint density at radius 3 is 1.17 bits per heavy atom. The molecule has 0 aromatic heterocycles. The van der Waals surface area contributed by atoms with Crippen molar-refractivity contribution in [1.29, 1.82) is 0 Å². The van der Waals surface area contributed by atoms with E-state index in [1.165, 1.54) is 15.9 Å². The number of hydrogen-bond acceptors (Lipinski definition) is 0. The van der Waals surface area contributed by atoms with Crippen LogP contribution in [0.3, 0.4) is 0 Å². The molecule has 0 aliphatic rings. The quantitative estimate of drug-likeness (QED) is 0.270. The topological polar surface area (TPSA) is 0 Å². The van der Waals surface area contributed by atoms with Gasteiger partial charge in [-0.2, -0.15) is 6.08 Å². The molecule has 0 radical (unpaired) electrons. The van der Waals surface area contributed by atoms with E-state index in [1.54, 1.807) is 0 Å². The number of rotatable bonds is 4. The average molecular weight is 489 g/mol. The van der Waals surface area contributed by atoms with Crippen LogP contribution in [0.15, 0.2) is 103 Å². The van der Waals surface area contributed by atoms with E-state index in [2.05, 4.69) is 134 Å². The van der Waals surface area contributed by atoms with E-state index >= 15 is 0 Å². The summed E-state index contributed by atoms with van der Waals surface area (Å²) in [6, 6.07) is 32.3. The molecule has 0 aliphatic heterocycles. The molecule has 24 heavy (non-hydrogen) atoms. The van der Waals surface area contributed by atoms with E-state index in [-0.39, 0.29) is 0 Å². The Morgan fingerprint density at radius 1 is 0.625 bits per heavy atom. The summed E-state index contributed by atoms with van der Waals surface area (Å²) in [5, 5.41) is 4.06. The second kappa shape index (κ2) is 9.97. The maximum atomic E-state index is 3.99. The molecular formula is C21H19BrPPd+. The maximum Gasteiger partial charge on any atom is 0.0927 e. The predicted molar refractivity (Wildman–Crippen MR) is 109 cm³/mol. The fraction of sp³-hybridized carbons (Fsp3) is 0. The fourth-order valence-corrected chi connectivity index (χ4v) is 6.51. The Labute approximate surface area is 163 Å². The van der Waals surface area contributed by atoms with Crippen molar-refractivity contribution in [2.75, 3.05) is 0 Å². The van der Waals surface area contributed by atoms with Gasteiger partial charge in [-0.05, 0) is 36.4 Å². The zero-order valence-electron chi connectivity index (χ0n) is 13.2. The summed E-state index contributed by atoms with van der Waals surface area (Å²) in [6.07, 6.45) is 1.95. The minimum absolute atomic E-state index is 1.35. The van der Waals surface area contributed by atoms with Crippen molar-refractivity contribution in [1.82, 2.24) is 0 Å². The molecule has 0 amide bonds. The summed E-state index contributed by atoms with van der Waals surface area (Å²) in [4.78, 5) is 0. The van der Waals surface area contributed by atoms with Crippen molar-refractivity contribution in [3.05, 3.63) is 110 Å². The first-order valence-corrected chi connectivity index (χ1v) is 12.9. The van der Waals surface area contributed by atoms with Gasteiger partial charge in [0.2, 0.25) is 0 Å². The smallest absolute Gasteiger partial charge is 0.0927 e. The second-order valence-electron chi connectivity index (χ2n) is 5.11. The third kappa shape index (κ3) is 4.08. The third-order valence-corrected chi connectivity index (χ3v) is 7.82. The van der Waals surface area contributed by atoms with Crippen LogP contribution < -0.4 is 15.9 Å². The predicted octanol–water partition coefficient (Wildman–Crippen LogP) is 5.17. The van der Waals surface area contributed by atoms with Gasteiger partial charge in [0.25, 0.3) is 0 Å². The molecule has 0 unspecified atom stereocenters. The standard InChI is InChI=1S/C21H19P.BrH.Pd/c1-2-18-22(19-12-6-3-7-13-19,20-14-8-4-9-15-20)21-16-10-5-11-17-21;;/h2-18H,1H2;1H;/q;;+2/p-1. The normalized spacial score (nSPS) is 11.0.